The van der Waals surface area contributed by atoms with Crippen LogP contribution in [0, 0.1) is 11.8 Å². The van der Waals surface area contributed by atoms with Crippen molar-refractivity contribution in [2.24, 2.45) is 16.8 Å². The van der Waals surface area contributed by atoms with Gasteiger partial charge in [0.2, 0.25) is 17.7 Å². The normalized spacial score (nSPS) is 27.0. The van der Waals surface area contributed by atoms with Crippen LogP contribution in [0.5, 0.6) is 0 Å². The summed E-state index contributed by atoms with van der Waals surface area (Å²) in [6, 6.07) is 4.20. The van der Waals surface area contributed by atoms with E-state index in [1.54, 1.807) is 28.0 Å². The zero-order chi connectivity index (χ0) is 43.1. The van der Waals surface area contributed by atoms with E-state index in [1.807, 2.05) is 18.3 Å². The third-order valence-corrected chi connectivity index (χ3v) is 13.4. The summed E-state index contributed by atoms with van der Waals surface area (Å²) < 4.78 is 35.7. The number of hydrazine groups is 1. The number of carbonyl (C=O) groups is 5. The number of nitrogens with zero attached hydrogens (tertiary/aromatic N) is 9. The topological polar surface area (TPSA) is 180 Å². The van der Waals surface area contributed by atoms with E-state index >= 15 is 0 Å². The Morgan fingerprint density at radius 1 is 0.984 bits per heavy atom. The molecule has 5 fully saturated rings. The molecule has 9 rings (SSSR count). The molecule has 6 aliphatic heterocycles. The molecule has 332 valence electrons. The molecule has 1 aromatic heterocycles. The van der Waals surface area contributed by atoms with Crippen molar-refractivity contribution in [3.63, 3.8) is 0 Å². The molecule has 1 aromatic carbocycles. The van der Waals surface area contributed by atoms with Gasteiger partial charge in [0.1, 0.15) is 18.0 Å². The second-order valence-corrected chi connectivity index (χ2v) is 17.3. The number of hydrogen-bond donors (Lipinski definition) is 3. The maximum Gasteiger partial charge on any atom is 0.284 e. The number of aliphatic imine (C=N–C) groups is 1. The molecule has 0 spiro atoms. The number of benzene rings is 1. The molecule has 7 heterocycles. The quantitative estimate of drug-likeness (QED) is 0.278. The van der Waals surface area contributed by atoms with Crippen LogP contribution in [0.3, 0.4) is 0 Å². The molecule has 18 nitrogen and oxygen atoms in total. The monoisotopic (exact) mass is 860 g/mol. The summed E-state index contributed by atoms with van der Waals surface area (Å²) in [5, 5.41) is 11.1. The first-order chi connectivity index (χ1) is 30.0. The largest absolute Gasteiger partial charge is 0.378 e. The highest BCUT2D eigenvalue weighted by atomic mass is 19.3. The number of anilines is 2. The number of halogens is 2. The molecule has 7 aliphatic rings. The fourth-order valence-electron chi connectivity index (χ4n) is 9.91. The lowest BCUT2D eigenvalue weighted by Crippen LogP contribution is -2.54. The summed E-state index contributed by atoms with van der Waals surface area (Å²) >= 11 is 0. The van der Waals surface area contributed by atoms with Crippen LogP contribution in [0.1, 0.15) is 77.4 Å². The Labute approximate surface area is 358 Å². The number of carbonyl (C=O) groups excluding carboxylic acids is 5. The van der Waals surface area contributed by atoms with Crippen molar-refractivity contribution in [3.8, 4) is 0 Å². The lowest BCUT2D eigenvalue weighted by molar-refractivity contribution is -0.136. The fraction of sp³-hybridized carbons (Fsp3) is 0.595. The van der Waals surface area contributed by atoms with Crippen molar-refractivity contribution >= 4 is 46.7 Å². The third kappa shape index (κ3) is 8.44. The highest BCUT2D eigenvalue weighted by Gasteiger charge is 2.46. The zero-order valence-corrected chi connectivity index (χ0v) is 34.9. The molecule has 4 saturated heterocycles. The van der Waals surface area contributed by atoms with E-state index in [0.717, 1.165) is 69.1 Å². The Morgan fingerprint density at radius 2 is 1.76 bits per heavy atom. The minimum atomic E-state index is -2.84. The van der Waals surface area contributed by atoms with Crippen LogP contribution in [-0.2, 0) is 19.1 Å². The number of piperidine rings is 1. The highest BCUT2D eigenvalue weighted by molar-refractivity contribution is 6.25. The standard InChI is InChI=1S/C42H54F2N12O6/c1-50(13-14-51-15-17-52(18-16-51)31-4-2-3-28-35(31)42(61)56(41(28)60)32-9-10-34(57)48-40(32)59)24-26-5-7-27(8-6-26)55-25-30(36(49-55)37(43)44)46-39(58)29-23-45-54-12-11-33(47-38(29)54)53-19-21-62-22-20-53/h2-4,11-12,25-27,29,32,37-38,45H,5-10,13-24H2,1H3,(H,46,58)(H,48,57,59). The van der Waals surface area contributed by atoms with Gasteiger partial charge in [-0.05, 0) is 63.3 Å². The third-order valence-electron chi connectivity index (χ3n) is 13.4. The van der Waals surface area contributed by atoms with Gasteiger partial charge in [0.15, 0.2) is 5.69 Å². The molecular formula is C42H54F2N12O6. The van der Waals surface area contributed by atoms with E-state index < -0.39 is 53.9 Å². The number of nitrogens with one attached hydrogen (secondary N) is 3. The summed E-state index contributed by atoms with van der Waals surface area (Å²) in [6.45, 7) is 8.56. The summed E-state index contributed by atoms with van der Waals surface area (Å²) in [4.78, 5) is 79.6. The van der Waals surface area contributed by atoms with Gasteiger partial charge in [0.25, 0.3) is 18.2 Å². The van der Waals surface area contributed by atoms with Crippen molar-refractivity contribution in [3.05, 3.63) is 53.5 Å². The average molecular weight is 861 g/mol. The van der Waals surface area contributed by atoms with E-state index in [1.165, 1.54) is 0 Å². The molecule has 62 heavy (non-hydrogen) atoms. The van der Waals surface area contributed by atoms with E-state index in [-0.39, 0.29) is 36.0 Å². The summed E-state index contributed by atoms with van der Waals surface area (Å²) in [7, 11) is 2.13. The lowest BCUT2D eigenvalue weighted by atomic mass is 9.86. The first-order valence-corrected chi connectivity index (χ1v) is 21.8. The van der Waals surface area contributed by atoms with Gasteiger partial charge in [-0.3, -0.25) is 48.8 Å². The molecule has 20 heteroatoms. The Kier molecular flexibility index (Phi) is 12.1. The van der Waals surface area contributed by atoms with Gasteiger partial charge in [-0.25, -0.2) is 19.2 Å². The van der Waals surface area contributed by atoms with Gasteiger partial charge in [-0.15, -0.1) is 0 Å². The second-order valence-electron chi connectivity index (χ2n) is 17.3. The van der Waals surface area contributed by atoms with Crippen LogP contribution in [-0.4, -0.2) is 168 Å². The van der Waals surface area contributed by atoms with E-state index in [2.05, 4.69) is 47.8 Å². The maximum atomic E-state index is 14.3. The lowest BCUT2D eigenvalue weighted by Gasteiger charge is -2.38. The number of likely N-dealkylation sites (N-methyl/N-ethyl adjacent to an activating group) is 1. The molecular weight excluding hydrogens is 807 g/mol. The first-order valence-electron chi connectivity index (χ1n) is 21.8. The fourth-order valence-corrected chi connectivity index (χ4v) is 9.91. The van der Waals surface area contributed by atoms with Gasteiger partial charge >= 0.3 is 0 Å². The summed E-state index contributed by atoms with van der Waals surface area (Å²) in [5.41, 5.74) is 4.10. The van der Waals surface area contributed by atoms with Crippen LogP contribution in [0.4, 0.5) is 20.2 Å². The number of piperazine rings is 1. The highest BCUT2D eigenvalue weighted by Crippen LogP contribution is 2.37. The summed E-state index contributed by atoms with van der Waals surface area (Å²) in [6.07, 6.45) is 5.67. The van der Waals surface area contributed by atoms with Gasteiger partial charge < -0.3 is 24.8 Å². The zero-order valence-electron chi connectivity index (χ0n) is 34.9. The van der Waals surface area contributed by atoms with Crippen molar-refractivity contribution in [1.29, 1.82) is 0 Å². The predicted octanol–water partition coefficient (Wildman–Crippen LogP) is 1.67. The maximum absolute atomic E-state index is 14.3. The average Bonchev–Trinajstić information content (AvgIpc) is 3.98. The first kappa shape index (κ1) is 42.0. The smallest absolute Gasteiger partial charge is 0.284 e. The van der Waals surface area contributed by atoms with Crippen LogP contribution >= 0.6 is 0 Å². The number of alkyl halides is 2. The number of imide groups is 2. The molecule has 3 atom stereocenters. The van der Waals surface area contributed by atoms with Crippen molar-refractivity contribution in [2.45, 2.75) is 63.2 Å². The SMILES string of the molecule is CN(CCN1CCN(c2cccc3c2C(=O)N(C2CCC(=O)NC2=O)C3=O)CC1)CC1CCC(n2cc(NC(=O)C3CNN4C=CC(N5CCOCC5)=NC34)c(C(F)F)n2)CC1. The Morgan fingerprint density at radius 3 is 2.50 bits per heavy atom. The Balaban J connectivity index is 0.731. The van der Waals surface area contributed by atoms with Crippen LogP contribution in [0.15, 0.2) is 41.7 Å². The van der Waals surface area contributed by atoms with Gasteiger partial charge in [0, 0.05) is 84.3 Å². The van der Waals surface area contributed by atoms with Crippen LogP contribution in [0.25, 0.3) is 0 Å². The number of amides is 5. The van der Waals surface area contributed by atoms with Crippen molar-refractivity contribution in [2.75, 3.05) is 95.9 Å². The molecule has 1 aliphatic carbocycles. The molecule has 3 unspecified atom stereocenters. The molecule has 2 aromatic rings. The minimum Gasteiger partial charge on any atom is -0.378 e. The van der Waals surface area contributed by atoms with Gasteiger partial charge in [-0.2, -0.15) is 5.10 Å². The molecule has 0 bridgehead atoms. The number of aromatic nitrogens is 2. The second kappa shape index (κ2) is 17.8. The van der Waals surface area contributed by atoms with Gasteiger partial charge in [-0.1, -0.05) is 6.07 Å². The van der Waals surface area contributed by atoms with Crippen molar-refractivity contribution in [1.82, 2.24) is 45.1 Å². The number of rotatable bonds is 11. The van der Waals surface area contributed by atoms with Gasteiger partial charge in [0.05, 0.1) is 47.7 Å². The minimum absolute atomic E-state index is 0.0384. The number of morpholine rings is 1. The molecule has 3 N–H and O–H groups in total. The number of fused-ring (bicyclic) bond motifs is 2. The van der Waals surface area contributed by atoms with E-state index in [4.69, 9.17) is 9.73 Å². The molecule has 1 saturated carbocycles. The summed E-state index contributed by atoms with van der Waals surface area (Å²) in [5.74, 6) is -1.75. The number of hydrogen-bond acceptors (Lipinski definition) is 14. The van der Waals surface area contributed by atoms with Crippen LogP contribution in [0.2, 0.25) is 0 Å². The van der Waals surface area contributed by atoms with E-state index in [0.29, 0.717) is 63.1 Å². The van der Waals surface area contributed by atoms with Crippen molar-refractivity contribution < 1.29 is 37.5 Å². The molecule has 5 amide bonds. The van der Waals surface area contributed by atoms with E-state index in [9.17, 15) is 32.8 Å². The predicted molar refractivity (Wildman–Crippen MR) is 222 cm³/mol. The molecule has 0 radical (unpaired) electrons. The Hall–Kier alpha value is -5.31. The van der Waals surface area contributed by atoms with Crippen LogP contribution < -0.4 is 21.0 Å². The number of ether oxygens (including phenoxy) is 1. The Bertz CT molecular complexity index is 2130. The number of amidine groups is 1.